The van der Waals surface area contributed by atoms with Crippen molar-refractivity contribution in [2.24, 2.45) is 0 Å². The van der Waals surface area contributed by atoms with Crippen LogP contribution in [-0.2, 0) is 0 Å². The molecule has 0 aliphatic heterocycles. The molecule has 0 bridgehead atoms. The number of thiophene rings is 1. The molecule has 0 aliphatic carbocycles. The van der Waals surface area contributed by atoms with Crippen LogP contribution >= 0.6 is 34.7 Å². The summed E-state index contributed by atoms with van der Waals surface area (Å²) in [5.74, 6) is 0. The lowest BCUT2D eigenvalue weighted by Crippen LogP contribution is -1.98. The van der Waals surface area contributed by atoms with Gasteiger partial charge in [-0.3, -0.25) is 0 Å². The smallest absolute Gasteiger partial charge is 0.220 e. The average molecular weight is 423 g/mol. The van der Waals surface area contributed by atoms with Crippen LogP contribution in [0.4, 0.5) is 0 Å². The predicted octanol–water partition coefficient (Wildman–Crippen LogP) is 5.14. The third kappa shape index (κ3) is 3.15. The summed E-state index contributed by atoms with van der Waals surface area (Å²) in [4.78, 5) is 9.86. The highest BCUT2D eigenvalue weighted by Crippen LogP contribution is 2.39. The molecule has 6 nitrogen and oxygen atoms in total. The van der Waals surface area contributed by atoms with E-state index in [9.17, 15) is 0 Å². The molecule has 0 spiro atoms. The summed E-state index contributed by atoms with van der Waals surface area (Å²) < 4.78 is 1.70. The van der Waals surface area contributed by atoms with Gasteiger partial charge in [0.05, 0.1) is 11.1 Å². The molecule has 0 amide bonds. The van der Waals surface area contributed by atoms with E-state index in [0.717, 1.165) is 32.1 Å². The van der Waals surface area contributed by atoms with Gasteiger partial charge in [-0.2, -0.15) is 4.68 Å². The van der Waals surface area contributed by atoms with Gasteiger partial charge in [0.25, 0.3) is 0 Å². The van der Waals surface area contributed by atoms with Crippen LogP contribution in [0.5, 0.6) is 0 Å². The number of rotatable bonds is 4. The number of halogens is 1. The molecule has 0 unspecified atom stereocenters. The largest absolute Gasteiger partial charge is 0.229 e. The number of tetrazole rings is 1. The molecule has 0 N–H and O–H groups in total. The van der Waals surface area contributed by atoms with Crippen molar-refractivity contribution in [3.63, 3.8) is 0 Å². The van der Waals surface area contributed by atoms with Crippen molar-refractivity contribution >= 4 is 44.9 Å². The van der Waals surface area contributed by atoms with Gasteiger partial charge < -0.3 is 0 Å². The van der Waals surface area contributed by atoms with Crippen LogP contribution < -0.4 is 0 Å². The lowest BCUT2D eigenvalue weighted by Gasteiger charge is -2.06. The Kier molecular flexibility index (Phi) is 4.52. The van der Waals surface area contributed by atoms with E-state index in [2.05, 4.69) is 30.9 Å². The van der Waals surface area contributed by atoms with Crippen LogP contribution in [0.15, 0.2) is 76.5 Å². The fraction of sp³-hybridized carbons (Fsp3) is 0. The fourth-order valence-corrected chi connectivity index (χ4v) is 4.82. The Morgan fingerprint density at radius 1 is 0.964 bits per heavy atom. The Morgan fingerprint density at radius 2 is 1.79 bits per heavy atom. The molecular weight excluding hydrogens is 412 g/mol. The molecule has 2 aromatic carbocycles. The summed E-state index contributed by atoms with van der Waals surface area (Å²) in [6.07, 6.45) is 1.57. The molecule has 3 heterocycles. The molecule has 5 aromatic rings. The van der Waals surface area contributed by atoms with Crippen LogP contribution in [0.3, 0.4) is 0 Å². The minimum Gasteiger partial charge on any atom is -0.229 e. The lowest BCUT2D eigenvalue weighted by molar-refractivity contribution is 0.756. The SMILES string of the molecule is Clc1ccc(-c2csc3ncnc(Sc4nnnn4-c4ccccc4)c23)cc1. The molecule has 9 heteroatoms. The van der Waals surface area contributed by atoms with Gasteiger partial charge in [0.2, 0.25) is 5.16 Å². The zero-order valence-electron chi connectivity index (χ0n) is 14.2. The highest BCUT2D eigenvalue weighted by molar-refractivity contribution is 7.99. The second-order valence-electron chi connectivity index (χ2n) is 5.83. The van der Waals surface area contributed by atoms with Gasteiger partial charge in [0.1, 0.15) is 16.2 Å². The summed E-state index contributed by atoms with van der Waals surface area (Å²) in [6, 6.07) is 17.5. The van der Waals surface area contributed by atoms with Crippen LogP contribution in [0.2, 0.25) is 5.02 Å². The monoisotopic (exact) mass is 422 g/mol. The lowest BCUT2D eigenvalue weighted by atomic mass is 10.1. The molecule has 3 aromatic heterocycles. The number of benzene rings is 2. The molecule has 0 saturated heterocycles. The molecular formula is C19H11ClN6S2. The molecule has 28 heavy (non-hydrogen) atoms. The number of fused-ring (bicyclic) bond motifs is 1. The van der Waals surface area contributed by atoms with Crippen molar-refractivity contribution in [3.05, 3.63) is 71.3 Å². The van der Waals surface area contributed by atoms with E-state index >= 15 is 0 Å². The molecule has 0 aliphatic rings. The van der Waals surface area contributed by atoms with Crippen LogP contribution in [0.1, 0.15) is 0 Å². The number of para-hydroxylation sites is 1. The second-order valence-corrected chi connectivity index (χ2v) is 8.08. The maximum absolute atomic E-state index is 6.04. The van der Waals surface area contributed by atoms with Crippen molar-refractivity contribution in [2.75, 3.05) is 0 Å². The highest BCUT2D eigenvalue weighted by Gasteiger charge is 2.17. The molecule has 0 atom stereocenters. The van der Waals surface area contributed by atoms with E-state index in [4.69, 9.17) is 11.6 Å². The summed E-state index contributed by atoms with van der Waals surface area (Å²) in [6.45, 7) is 0. The molecule has 0 radical (unpaired) electrons. The zero-order valence-corrected chi connectivity index (χ0v) is 16.6. The van der Waals surface area contributed by atoms with Gasteiger partial charge >= 0.3 is 0 Å². The first kappa shape index (κ1) is 17.3. The van der Waals surface area contributed by atoms with E-state index in [1.54, 1.807) is 22.3 Å². The Morgan fingerprint density at radius 3 is 2.61 bits per heavy atom. The molecule has 5 rings (SSSR count). The summed E-state index contributed by atoms with van der Waals surface area (Å²) in [5.41, 5.74) is 3.02. The van der Waals surface area contributed by atoms with Crippen LogP contribution in [0.25, 0.3) is 27.0 Å². The second kappa shape index (κ2) is 7.31. The highest BCUT2D eigenvalue weighted by atomic mass is 35.5. The summed E-state index contributed by atoms with van der Waals surface area (Å²) in [7, 11) is 0. The van der Waals surface area contributed by atoms with E-state index in [0.29, 0.717) is 10.2 Å². The number of hydrogen-bond acceptors (Lipinski definition) is 7. The predicted molar refractivity (Wildman–Crippen MR) is 111 cm³/mol. The van der Waals surface area contributed by atoms with Crippen molar-refractivity contribution in [3.8, 4) is 16.8 Å². The Hall–Kier alpha value is -2.81. The minimum absolute atomic E-state index is 0.638. The Bertz CT molecular complexity index is 1250. The molecule has 0 fully saturated rings. The summed E-state index contributed by atoms with van der Waals surface area (Å²) in [5, 5.41) is 17.4. The summed E-state index contributed by atoms with van der Waals surface area (Å²) >= 11 is 9.04. The first-order valence-corrected chi connectivity index (χ1v) is 10.4. The van der Waals surface area contributed by atoms with Crippen molar-refractivity contribution < 1.29 is 0 Å². The average Bonchev–Trinajstić information content (AvgIpc) is 3.37. The van der Waals surface area contributed by atoms with Crippen LogP contribution in [-0.4, -0.2) is 30.2 Å². The zero-order chi connectivity index (χ0) is 18.9. The van der Waals surface area contributed by atoms with Crippen molar-refractivity contribution in [1.82, 2.24) is 30.2 Å². The van der Waals surface area contributed by atoms with Gasteiger partial charge in [0.15, 0.2) is 0 Å². The van der Waals surface area contributed by atoms with E-state index < -0.39 is 0 Å². The van der Waals surface area contributed by atoms with Gasteiger partial charge in [0, 0.05) is 16.0 Å². The number of nitrogens with zero attached hydrogens (tertiary/aromatic N) is 6. The maximum Gasteiger partial charge on any atom is 0.220 e. The van der Waals surface area contributed by atoms with Crippen molar-refractivity contribution in [2.45, 2.75) is 10.2 Å². The van der Waals surface area contributed by atoms with Gasteiger partial charge in [-0.1, -0.05) is 41.9 Å². The van der Waals surface area contributed by atoms with Gasteiger partial charge in [-0.25, -0.2) is 9.97 Å². The quantitative estimate of drug-likeness (QED) is 0.373. The fourth-order valence-electron chi connectivity index (χ4n) is 2.83. The molecule has 136 valence electrons. The third-order valence-corrected chi connectivity index (χ3v) is 6.20. The van der Waals surface area contributed by atoms with Gasteiger partial charge in [-0.15, -0.1) is 16.4 Å². The molecule has 0 saturated carbocycles. The topological polar surface area (TPSA) is 69.4 Å². The van der Waals surface area contributed by atoms with E-state index in [1.165, 1.54) is 11.8 Å². The first-order valence-electron chi connectivity index (χ1n) is 8.29. The Labute approximate surface area is 173 Å². The van der Waals surface area contributed by atoms with Crippen LogP contribution in [0, 0.1) is 0 Å². The van der Waals surface area contributed by atoms with E-state index in [1.807, 2.05) is 54.6 Å². The first-order chi connectivity index (χ1) is 13.8. The van der Waals surface area contributed by atoms with Crippen molar-refractivity contribution in [1.29, 1.82) is 0 Å². The standard InChI is InChI=1S/C19H11ClN6S2/c20-13-8-6-12(7-9-13)15-10-27-17-16(15)18(22-11-21-17)28-19-23-24-25-26(19)14-4-2-1-3-5-14/h1-11H. The normalized spacial score (nSPS) is 11.2. The Balaban J connectivity index is 1.61. The maximum atomic E-state index is 6.04. The van der Waals surface area contributed by atoms with E-state index in [-0.39, 0.29) is 0 Å². The third-order valence-electron chi connectivity index (χ3n) is 4.12. The minimum atomic E-state index is 0.638. The van der Waals surface area contributed by atoms with Gasteiger partial charge in [-0.05, 0) is 52.0 Å². The number of hydrogen-bond donors (Lipinski definition) is 0. The number of aromatic nitrogens is 6.